The number of pyridine rings is 1. The highest BCUT2D eigenvalue weighted by atomic mass is 35.5. The van der Waals surface area contributed by atoms with Crippen LogP contribution in [0.5, 0.6) is 5.75 Å². The largest absolute Gasteiger partial charge is 0.487 e. The Morgan fingerprint density at radius 3 is 2.71 bits per heavy atom. The second-order valence-corrected chi connectivity index (χ2v) is 8.58. The minimum Gasteiger partial charge on any atom is -0.487 e. The first-order valence-electron chi connectivity index (χ1n) is 11.2. The molecule has 1 atom stereocenters. The molecule has 0 radical (unpaired) electrons. The van der Waals surface area contributed by atoms with Gasteiger partial charge in [-0.15, -0.1) is 0 Å². The molecule has 0 aliphatic heterocycles. The highest BCUT2D eigenvalue weighted by Crippen LogP contribution is 2.34. The van der Waals surface area contributed by atoms with Crippen molar-refractivity contribution in [3.05, 3.63) is 70.4 Å². The molecule has 0 fully saturated rings. The molecule has 0 saturated carbocycles. The summed E-state index contributed by atoms with van der Waals surface area (Å²) in [6.07, 6.45) is 0.242. The third kappa shape index (κ3) is 6.04. The summed E-state index contributed by atoms with van der Waals surface area (Å²) in [7, 11) is 3.04. The van der Waals surface area contributed by atoms with E-state index in [0.717, 1.165) is 28.8 Å². The quantitative estimate of drug-likeness (QED) is 0.286. The predicted octanol–water partition coefficient (Wildman–Crippen LogP) is 4.71. The van der Waals surface area contributed by atoms with Crippen LogP contribution >= 0.6 is 11.6 Å². The molecule has 9 nitrogen and oxygen atoms in total. The zero-order valence-corrected chi connectivity index (χ0v) is 21.3. The Labute approximate surface area is 220 Å². The van der Waals surface area contributed by atoms with Gasteiger partial charge in [0.05, 0.1) is 5.02 Å². The SMILES string of the molecule is CO[C@@H](NC(=O)COC(F)F)c1cc(F)cc(Cl)c1COc1cccc2c(-c3ncnn3C)cc(C)nc12. The first kappa shape index (κ1) is 27.3. The van der Waals surface area contributed by atoms with Crippen molar-refractivity contribution in [2.75, 3.05) is 13.7 Å². The number of hydrogen-bond acceptors (Lipinski definition) is 7. The number of fused-ring (bicyclic) bond motifs is 1. The monoisotopic (exact) mass is 549 g/mol. The number of para-hydroxylation sites is 1. The maximum atomic E-state index is 14.3. The molecule has 38 heavy (non-hydrogen) atoms. The summed E-state index contributed by atoms with van der Waals surface area (Å²) in [5.74, 6) is -0.514. The number of halogens is 4. The van der Waals surface area contributed by atoms with Crippen LogP contribution in [-0.4, -0.2) is 46.0 Å². The lowest BCUT2D eigenvalue weighted by Gasteiger charge is -2.22. The summed E-state index contributed by atoms with van der Waals surface area (Å²) in [5, 5.41) is 7.30. The van der Waals surface area contributed by atoms with E-state index in [2.05, 4.69) is 25.1 Å². The first-order valence-corrected chi connectivity index (χ1v) is 11.6. The average molecular weight is 550 g/mol. The van der Waals surface area contributed by atoms with Gasteiger partial charge in [-0.2, -0.15) is 13.9 Å². The van der Waals surface area contributed by atoms with Crippen molar-refractivity contribution in [2.24, 2.45) is 7.05 Å². The fourth-order valence-electron chi connectivity index (χ4n) is 3.94. The molecule has 4 aromatic rings. The Balaban J connectivity index is 1.67. The Kier molecular flexibility index (Phi) is 8.45. The van der Waals surface area contributed by atoms with Crippen LogP contribution in [0.4, 0.5) is 13.2 Å². The third-order valence-corrected chi connectivity index (χ3v) is 5.94. The Morgan fingerprint density at radius 2 is 2.03 bits per heavy atom. The molecule has 0 unspecified atom stereocenters. The van der Waals surface area contributed by atoms with Gasteiger partial charge in [0.2, 0.25) is 5.91 Å². The maximum Gasteiger partial charge on any atom is 0.345 e. The fraction of sp³-hybridized carbons (Fsp3) is 0.280. The van der Waals surface area contributed by atoms with E-state index in [1.54, 1.807) is 23.9 Å². The molecule has 2 heterocycles. The van der Waals surface area contributed by atoms with Crippen LogP contribution in [0.15, 0.2) is 42.7 Å². The van der Waals surface area contributed by atoms with Gasteiger partial charge in [-0.05, 0) is 31.2 Å². The fourth-order valence-corrected chi connectivity index (χ4v) is 4.21. The van der Waals surface area contributed by atoms with Gasteiger partial charge in [-0.3, -0.25) is 4.79 Å². The van der Waals surface area contributed by atoms with Crippen molar-refractivity contribution < 1.29 is 32.2 Å². The molecule has 0 aliphatic rings. The second kappa shape index (κ2) is 11.8. The van der Waals surface area contributed by atoms with Crippen LogP contribution in [0, 0.1) is 12.7 Å². The number of nitrogens with one attached hydrogen (secondary N) is 1. The maximum absolute atomic E-state index is 14.3. The summed E-state index contributed by atoms with van der Waals surface area (Å²) >= 11 is 6.35. The summed E-state index contributed by atoms with van der Waals surface area (Å²) in [6, 6.07) is 9.51. The highest BCUT2D eigenvalue weighted by molar-refractivity contribution is 6.31. The molecule has 0 saturated heterocycles. The van der Waals surface area contributed by atoms with Gasteiger partial charge in [-0.25, -0.2) is 19.0 Å². The van der Waals surface area contributed by atoms with E-state index in [1.807, 2.05) is 19.1 Å². The molecule has 0 spiro atoms. The van der Waals surface area contributed by atoms with E-state index < -0.39 is 31.2 Å². The smallest absolute Gasteiger partial charge is 0.345 e. The Morgan fingerprint density at radius 1 is 1.24 bits per heavy atom. The van der Waals surface area contributed by atoms with Crippen LogP contribution in [0.3, 0.4) is 0 Å². The number of ether oxygens (including phenoxy) is 3. The Bertz CT molecular complexity index is 1470. The van der Waals surface area contributed by atoms with Crippen molar-refractivity contribution in [3.8, 4) is 17.1 Å². The lowest BCUT2D eigenvalue weighted by Crippen LogP contribution is -2.34. The molecular formula is C25H23ClF3N5O4. The molecular weight excluding hydrogens is 527 g/mol. The number of hydrogen-bond donors (Lipinski definition) is 1. The lowest BCUT2D eigenvalue weighted by molar-refractivity contribution is -0.154. The van der Waals surface area contributed by atoms with Gasteiger partial charge in [-0.1, -0.05) is 23.7 Å². The summed E-state index contributed by atoms with van der Waals surface area (Å²) in [6.45, 7) is -2.34. The van der Waals surface area contributed by atoms with Gasteiger partial charge < -0.3 is 19.5 Å². The van der Waals surface area contributed by atoms with Crippen molar-refractivity contribution >= 4 is 28.4 Å². The number of rotatable bonds is 10. The van der Waals surface area contributed by atoms with Gasteiger partial charge in [0.1, 0.15) is 36.6 Å². The Hall–Kier alpha value is -3.74. The van der Waals surface area contributed by atoms with E-state index in [0.29, 0.717) is 22.7 Å². The van der Waals surface area contributed by atoms with Crippen LogP contribution in [0.25, 0.3) is 22.3 Å². The number of nitrogens with zero attached hydrogens (tertiary/aromatic N) is 4. The lowest BCUT2D eigenvalue weighted by atomic mass is 10.1. The molecule has 13 heteroatoms. The number of carbonyl (C=O) groups excluding carboxylic acids is 1. The van der Waals surface area contributed by atoms with Crippen LogP contribution in [-0.2, 0) is 27.9 Å². The molecule has 4 rings (SSSR count). The number of alkyl halides is 2. The van der Waals surface area contributed by atoms with Crippen molar-refractivity contribution in [1.82, 2.24) is 25.1 Å². The van der Waals surface area contributed by atoms with Gasteiger partial charge in [0, 0.05) is 41.9 Å². The standard InChI is InChI=1S/C25H23ClF3N5O4/c1-13-7-16(23-30-12-31-34(23)2)15-5-4-6-20(22(15)32-13)37-10-18-17(8-14(27)9-19(18)26)24(36-3)33-21(35)11-38-25(28)29/h4-9,12,24-25H,10-11H2,1-3H3,(H,33,35)/t24-/m1/s1. The topological polar surface area (TPSA) is 100 Å². The second-order valence-electron chi connectivity index (χ2n) is 8.17. The van der Waals surface area contributed by atoms with E-state index in [1.165, 1.54) is 13.4 Å². The molecule has 1 amide bonds. The van der Waals surface area contributed by atoms with E-state index >= 15 is 0 Å². The highest BCUT2D eigenvalue weighted by Gasteiger charge is 2.22. The molecule has 0 bridgehead atoms. The average Bonchev–Trinajstić information content (AvgIpc) is 3.30. The first-order chi connectivity index (χ1) is 18.2. The number of aromatic nitrogens is 4. The molecule has 1 N–H and O–H groups in total. The van der Waals surface area contributed by atoms with Crippen LogP contribution in [0.2, 0.25) is 5.02 Å². The van der Waals surface area contributed by atoms with E-state index in [4.69, 9.17) is 21.1 Å². The van der Waals surface area contributed by atoms with Gasteiger partial charge >= 0.3 is 6.61 Å². The predicted molar refractivity (Wildman–Crippen MR) is 132 cm³/mol. The van der Waals surface area contributed by atoms with Crippen molar-refractivity contribution in [3.63, 3.8) is 0 Å². The number of amides is 1. The number of methoxy groups -OCH3 is 1. The summed E-state index contributed by atoms with van der Waals surface area (Å²) in [4.78, 5) is 21.0. The molecule has 0 aliphatic carbocycles. The number of carbonyl (C=O) groups is 1. The van der Waals surface area contributed by atoms with Crippen LogP contribution in [0.1, 0.15) is 23.0 Å². The third-order valence-electron chi connectivity index (χ3n) is 5.60. The van der Waals surface area contributed by atoms with Crippen LogP contribution < -0.4 is 10.1 Å². The van der Waals surface area contributed by atoms with E-state index in [9.17, 15) is 18.0 Å². The number of aryl methyl sites for hydroxylation is 2. The zero-order valence-electron chi connectivity index (χ0n) is 20.5. The number of benzene rings is 2. The molecule has 2 aromatic heterocycles. The summed E-state index contributed by atoms with van der Waals surface area (Å²) in [5.41, 5.74) is 2.55. The minimum absolute atomic E-state index is 0.0179. The minimum atomic E-state index is -3.12. The van der Waals surface area contributed by atoms with Crippen molar-refractivity contribution in [1.29, 1.82) is 0 Å². The molecule has 2 aromatic carbocycles. The zero-order chi connectivity index (χ0) is 27.4. The normalized spacial score (nSPS) is 12.2. The summed E-state index contributed by atoms with van der Waals surface area (Å²) < 4.78 is 55.9. The van der Waals surface area contributed by atoms with E-state index in [-0.39, 0.29) is 17.2 Å². The van der Waals surface area contributed by atoms with Crippen molar-refractivity contribution in [2.45, 2.75) is 26.4 Å². The van der Waals surface area contributed by atoms with Gasteiger partial charge in [0.15, 0.2) is 12.1 Å². The molecule has 200 valence electrons. The van der Waals surface area contributed by atoms with Gasteiger partial charge in [0.25, 0.3) is 0 Å².